The first-order valence-corrected chi connectivity index (χ1v) is 4.31. The Morgan fingerprint density at radius 1 is 1.71 bits per heavy atom. The van der Waals surface area contributed by atoms with Gasteiger partial charge in [-0.1, -0.05) is 5.16 Å². The van der Waals surface area contributed by atoms with Crippen LogP contribution in [0.3, 0.4) is 0 Å². The van der Waals surface area contributed by atoms with Gasteiger partial charge in [0.2, 0.25) is 6.39 Å². The molecule has 0 spiro atoms. The Balaban J connectivity index is 2.29. The van der Waals surface area contributed by atoms with Crippen molar-refractivity contribution in [1.29, 1.82) is 0 Å². The Hall–Kier alpha value is -1.43. The summed E-state index contributed by atoms with van der Waals surface area (Å²) in [5.74, 6) is 0.301. The van der Waals surface area contributed by atoms with Crippen LogP contribution in [0.2, 0.25) is 0 Å². The molecule has 1 heterocycles. The predicted octanol–water partition coefficient (Wildman–Crippen LogP) is 0.0645. The van der Waals surface area contributed by atoms with E-state index < -0.39 is 0 Å². The first kappa shape index (κ1) is 10.6. The second-order valence-corrected chi connectivity index (χ2v) is 2.82. The van der Waals surface area contributed by atoms with Gasteiger partial charge >= 0.3 is 5.97 Å². The molecule has 0 fully saturated rings. The van der Waals surface area contributed by atoms with E-state index in [4.69, 9.17) is 4.74 Å². The van der Waals surface area contributed by atoms with Crippen LogP contribution in [0.1, 0.15) is 12.7 Å². The van der Waals surface area contributed by atoms with Crippen LogP contribution < -0.4 is 0 Å². The number of carbonyl (C=O) groups excluding carboxylic acids is 1. The third-order valence-electron chi connectivity index (χ3n) is 1.52. The Labute approximate surface area is 81.8 Å². The van der Waals surface area contributed by atoms with E-state index in [1.54, 1.807) is 18.9 Å². The molecule has 78 valence electrons. The summed E-state index contributed by atoms with van der Waals surface area (Å²) < 4.78 is 9.35. The molecule has 0 saturated heterocycles. The minimum atomic E-state index is -0.251. The Kier molecular flexibility index (Phi) is 4.06. The van der Waals surface area contributed by atoms with Crippen molar-refractivity contribution in [3.05, 3.63) is 12.2 Å². The predicted molar refractivity (Wildman–Crippen MR) is 47.3 cm³/mol. The highest BCUT2D eigenvalue weighted by Crippen LogP contribution is 1.95. The van der Waals surface area contributed by atoms with Crippen LogP contribution in [0.5, 0.6) is 0 Å². The Bertz CT molecular complexity index is 273. The average Bonchev–Trinajstić information content (AvgIpc) is 2.56. The number of hydrogen-bond donors (Lipinski definition) is 0. The van der Waals surface area contributed by atoms with E-state index in [-0.39, 0.29) is 12.5 Å². The normalized spacial score (nSPS) is 10.5. The summed E-state index contributed by atoms with van der Waals surface area (Å²) in [6.07, 6.45) is 1.26. The SMILES string of the molecule is CCOC(=O)CN(C)Cc1ncon1. The summed E-state index contributed by atoms with van der Waals surface area (Å²) >= 11 is 0. The summed E-state index contributed by atoms with van der Waals surface area (Å²) in [6.45, 7) is 2.86. The molecule has 0 saturated carbocycles. The lowest BCUT2D eigenvalue weighted by atomic mass is 10.5. The minimum absolute atomic E-state index is 0.225. The summed E-state index contributed by atoms with van der Waals surface area (Å²) in [4.78, 5) is 16.6. The highest BCUT2D eigenvalue weighted by Gasteiger charge is 2.09. The number of ether oxygens (including phenoxy) is 1. The summed E-state index contributed by atoms with van der Waals surface area (Å²) in [5, 5.41) is 3.63. The molecule has 1 rings (SSSR count). The molecule has 0 atom stereocenters. The molecule has 0 aliphatic carbocycles. The number of nitrogens with zero attached hydrogens (tertiary/aromatic N) is 3. The van der Waals surface area contributed by atoms with Gasteiger partial charge < -0.3 is 9.26 Å². The molecule has 0 aliphatic heterocycles. The molecular formula is C8H13N3O3. The zero-order chi connectivity index (χ0) is 10.4. The quantitative estimate of drug-likeness (QED) is 0.625. The maximum absolute atomic E-state index is 11.1. The van der Waals surface area contributed by atoms with Gasteiger partial charge in [0.05, 0.1) is 19.7 Å². The first-order chi connectivity index (χ1) is 6.72. The van der Waals surface area contributed by atoms with Crippen molar-refractivity contribution in [2.45, 2.75) is 13.5 Å². The van der Waals surface area contributed by atoms with E-state index in [1.165, 1.54) is 6.39 Å². The molecule has 6 heteroatoms. The second-order valence-electron chi connectivity index (χ2n) is 2.82. The van der Waals surface area contributed by atoms with Crippen molar-refractivity contribution in [2.75, 3.05) is 20.2 Å². The van der Waals surface area contributed by atoms with Gasteiger partial charge in [-0.25, -0.2) is 0 Å². The fraction of sp³-hybridized carbons (Fsp3) is 0.625. The van der Waals surface area contributed by atoms with Crippen molar-refractivity contribution in [3.8, 4) is 0 Å². The van der Waals surface area contributed by atoms with Crippen molar-refractivity contribution < 1.29 is 14.1 Å². The number of carbonyl (C=O) groups is 1. The average molecular weight is 199 g/mol. The Morgan fingerprint density at radius 3 is 3.07 bits per heavy atom. The lowest BCUT2D eigenvalue weighted by Crippen LogP contribution is -2.27. The highest BCUT2D eigenvalue weighted by atomic mass is 16.5. The third-order valence-corrected chi connectivity index (χ3v) is 1.52. The maximum Gasteiger partial charge on any atom is 0.320 e. The lowest BCUT2D eigenvalue weighted by Gasteiger charge is -2.12. The molecule has 0 aliphatic rings. The molecule has 0 aromatic carbocycles. The van der Waals surface area contributed by atoms with Crippen molar-refractivity contribution in [1.82, 2.24) is 15.0 Å². The summed E-state index contributed by atoms with van der Waals surface area (Å²) in [5.41, 5.74) is 0. The smallest absolute Gasteiger partial charge is 0.320 e. The van der Waals surface area contributed by atoms with Crippen molar-refractivity contribution in [2.24, 2.45) is 0 Å². The second kappa shape index (κ2) is 5.33. The molecule has 0 radical (unpaired) electrons. The van der Waals surface area contributed by atoms with Crippen LogP contribution in [0.25, 0.3) is 0 Å². The fourth-order valence-corrected chi connectivity index (χ4v) is 0.986. The van der Waals surface area contributed by atoms with Gasteiger partial charge in [-0.15, -0.1) is 0 Å². The largest absolute Gasteiger partial charge is 0.465 e. The van der Waals surface area contributed by atoms with Gasteiger partial charge in [0, 0.05) is 0 Å². The van der Waals surface area contributed by atoms with E-state index in [9.17, 15) is 4.79 Å². The number of likely N-dealkylation sites (N-methyl/N-ethyl adjacent to an activating group) is 1. The number of hydrogen-bond acceptors (Lipinski definition) is 6. The maximum atomic E-state index is 11.1. The van der Waals surface area contributed by atoms with E-state index in [0.717, 1.165) is 0 Å². The van der Waals surface area contributed by atoms with Crippen LogP contribution in [0.15, 0.2) is 10.9 Å². The molecule has 1 aromatic heterocycles. The number of esters is 1. The van der Waals surface area contributed by atoms with Crippen LogP contribution >= 0.6 is 0 Å². The van der Waals surface area contributed by atoms with Gasteiger partial charge in [-0.2, -0.15) is 4.98 Å². The van der Waals surface area contributed by atoms with Crippen LogP contribution in [0.4, 0.5) is 0 Å². The molecule has 1 aromatic rings. The van der Waals surface area contributed by atoms with Gasteiger partial charge in [-0.05, 0) is 14.0 Å². The van der Waals surface area contributed by atoms with E-state index in [0.29, 0.717) is 19.0 Å². The Morgan fingerprint density at radius 2 is 2.50 bits per heavy atom. The van der Waals surface area contributed by atoms with E-state index in [2.05, 4.69) is 14.7 Å². The highest BCUT2D eigenvalue weighted by molar-refractivity contribution is 5.71. The van der Waals surface area contributed by atoms with Crippen LogP contribution in [0, 0.1) is 0 Å². The molecule has 0 amide bonds. The van der Waals surface area contributed by atoms with Crippen molar-refractivity contribution >= 4 is 5.97 Å². The summed E-state index contributed by atoms with van der Waals surface area (Å²) in [6, 6.07) is 0. The topological polar surface area (TPSA) is 68.5 Å². The summed E-state index contributed by atoms with van der Waals surface area (Å²) in [7, 11) is 1.78. The molecule has 6 nitrogen and oxygen atoms in total. The van der Waals surface area contributed by atoms with Gasteiger partial charge in [0.1, 0.15) is 0 Å². The third kappa shape index (κ3) is 3.53. The zero-order valence-corrected chi connectivity index (χ0v) is 8.27. The molecular weight excluding hydrogens is 186 g/mol. The fourth-order valence-electron chi connectivity index (χ4n) is 0.986. The van der Waals surface area contributed by atoms with E-state index >= 15 is 0 Å². The number of rotatable bonds is 5. The molecule has 0 bridgehead atoms. The van der Waals surface area contributed by atoms with Gasteiger partial charge in [-0.3, -0.25) is 9.69 Å². The monoisotopic (exact) mass is 199 g/mol. The number of aromatic nitrogens is 2. The van der Waals surface area contributed by atoms with Gasteiger partial charge in [0.15, 0.2) is 5.82 Å². The van der Waals surface area contributed by atoms with E-state index in [1.807, 2.05) is 0 Å². The standard InChI is InChI=1S/C8H13N3O3/c1-3-13-8(12)5-11(2)4-7-9-6-14-10-7/h6H,3-5H2,1-2H3. The molecule has 14 heavy (non-hydrogen) atoms. The lowest BCUT2D eigenvalue weighted by molar-refractivity contribution is -0.144. The van der Waals surface area contributed by atoms with Gasteiger partial charge in [0.25, 0.3) is 0 Å². The van der Waals surface area contributed by atoms with Crippen molar-refractivity contribution in [3.63, 3.8) is 0 Å². The van der Waals surface area contributed by atoms with Crippen LogP contribution in [-0.2, 0) is 16.1 Å². The molecule has 0 N–H and O–H groups in total. The first-order valence-electron chi connectivity index (χ1n) is 4.31. The zero-order valence-electron chi connectivity index (χ0n) is 8.27. The minimum Gasteiger partial charge on any atom is -0.465 e. The van der Waals surface area contributed by atoms with Crippen LogP contribution in [-0.4, -0.2) is 41.2 Å². The molecule has 0 unspecified atom stereocenters.